The maximum Gasteiger partial charge on any atom is 0.417 e. The summed E-state index contributed by atoms with van der Waals surface area (Å²) in [5, 5.41) is 22.4. The molecule has 0 saturated carbocycles. The Balaban J connectivity index is 0.660. The molecular weight excluding hydrogens is 1160 g/mol. The fourth-order valence-corrected chi connectivity index (χ4v) is 12.7. The Labute approximate surface area is 525 Å². The van der Waals surface area contributed by atoms with E-state index < -0.39 is 52.4 Å². The van der Waals surface area contributed by atoms with E-state index in [2.05, 4.69) is 63.0 Å². The highest BCUT2D eigenvalue weighted by Gasteiger charge is 2.44. The van der Waals surface area contributed by atoms with Crippen LogP contribution < -0.4 is 31.7 Å². The number of halogens is 3. The third-order valence-corrected chi connectivity index (χ3v) is 18.2. The van der Waals surface area contributed by atoms with Gasteiger partial charge in [-0.3, -0.25) is 33.7 Å². The van der Waals surface area contributed by atoms with Gasteiger partial charge >= 0.3 is 6.18 Å². The molecule has 22 heteroatoms. The summed E-state index contributed by atoms with van der Waals surface area (Å²) in [4.78, 5) is 97.0. The predicted octanol–water partition coefficient (Wildman–Crippen LogP) is 9.22. The summed E-state index contributed by atoms with van der Waals surface area (Å²) in [5.74, 6) is -1.81. The zero-order valence-electron chi connectivity index (χ0n) is 52.3. The highest BCUT2D eigenvalue weighted by molar-refractivity contribution is 7.13. The lowest BCUT2D eigenvalue weighted by Gasteiger charge is -2.35. The van der Waals surface area contributed by atoms with E-state index >= 15 is 0 Å². The summed E-state index contributed by atoms with van der Waals surface area (Å²) < 4.78 is 41.9. The SMILES string of the molecule is Cc1ncsc1-c1ccc(CNC(=O)[C@@H]2C[C@@H](O)CN2C(=O)[C@@H](NC(=O)CCCCCCCCCC(=O)NCCCCCN2CCN(Cc3cccc(-c4ccc(N5CCN(C)CC5)c(NC(=O)c5c[nH]c(=O)cc5C(F)(F)F)c4)c3)CC2)C(C)(C)C)cc1. The van der Waals surface area contributed by atoms with Gasteiger partial charge < -0.3 is 51.0 Å². The van der Waals surface area contributed by atoms with Gasteiger partial charge in [0.15, 0.2) is 0 Å². The zero-order chi connectivity index (χ0) is 63.7. The molecule has 5 amide bonds. The molecule has 6 N–H and O–H groups in total. The Bertz CT molecular complexity index is 3220. The number of aliphatic hydroxyl groups is 1. The Morgan fingerprint density at radius 2 is 1.39 bits per heavy atom. The standard InChI is InChI=1S/C67H90F3N11O7S/c1-46-61(89-45-74-46)49-23-21-47(22-24-49)41-73-64(87)57-39-52(82)44-81(57)65(88)62(66(2,3)4)76-59(84)20-13-10-8-6-7-9-12-19-58(83)71-27-14-11-15-28-78-31-33-79(34-32-78)43-48-17-16-18-50(37-48)51-25-26-56(80-35-29-77(5)30-36-80)55(38-51)75-63(86)53-42-72-60(85)40-54(53)67(68,69)70/h16-18,21-26,37-38,40,42,45,52,57,62,82H,6-15,19-20,27-36,39,41,43-44H2,1-5H3,(H,71,83)(H,72,85)(H,73,87)(H,75,86)(H,76,84)/t52-,57+,62-/m1/s1. The molecule has 2 aromatic heterocycles. The molecule has 0 aliphatic carbocycles. The number of aryl methyl sites for hydroxylation is 1. The van der Waals surface area contributed by atoms with Crippen LogP contribution in [0.1, 0.15) is 137 Å². The number of β-amino-alcohol motifs (C(OH)–C–C–N with tert-alkyl or cyclic N) is 1. The van der Waals surface area contributed by atoms with Crippen molar-refractivity contribution in [3.05, 3.63) is 123 Å². The number of carbonyl (C=O) groups excluding carboxylic acids is 5. The van der Waals surface area contributed by atoms with E-state index in [4.69, 9.17) is 0 Å². The lowest BCUT2D eigenvalue weighted by atomic mass is 9.85. The monoisotopic (exact) mass is 1250 g/mol. The fourth-order valence-electron chi connectivity index (χ4n) is 11.9. The number of piperazine rings is 2. The molecule has 0 spiro atoms. The van der Waals surface area contributed by atoms with Gasteiger partial charge in [0.2, 0.25) is 29.2 Å². The largest absolute Gasteiger partial charge is 0.417 e. The molecule has 0 unspecified atom stereocenters. The summed E-state index contributed by atoms with van der Waals surface area (Å²) in [6.07, 6.45) is 5.37. The third kappa shape index (κ3) is 20.0. The number of hydrogen-bond acceptors (Lipinski definition) is 13. The number of thiazole rings is 1. The van der Waals surface area contributed by atoms with E-state index in [1.54, 1.807) is 11.3 Å². The van der Waals surface area contributed by atoms with Crippen molar-refractivity contribution in [1.29, 1.82) is 0 Å². The number of nitrogens with zero attached hydrogens (tertiary/aromatic N) is 6. The number of likely N-dealkylation sites (N-methyl/N-ethyl adjacent to an activating group) is 1. The summed E-state index contributed by atoms with van der Waals surface area (Å²) in [5.41, 5.74) is 5.15. The fraction of sp³-hybridized carbons (Fsp3) is 0.537. The van der Waals surface area contributed by atoms with Gasteiger partial charge in [-0.05, 0) is 97.6 Å². The number of pyridine rings is 1. The smallest absolute Gasteiger partial charge is 0.391 e. The number of carbonyl (C=O) groups is 5. The molecule has 3 fully saturated rings. The van der Waals surface area contributed by atoms with Crippen LogP contribution in [0.4, 0.5) is 24.5 Å². The van der Waals surface area contributed by atoms with Crippen molar-refractivity contribution < 1.29 is 42.3 Å². The second-order valence-corrected chi connectivity index (χ2v) is 26.1. The Kier molecular flexibility index (Phi) is 24.5. The number of likely N-dealkylation sites (tertiary alicyclic amines) is 1. The number of benzene rings is 3. The molecule has 18 nitrogen and oxygen atoms in total. The topological polar surface area (TPSA) is 216 Å². The Morgan fingerprint density at radius 1 is 0.742 bits per heavy atom. The first kappa shape index (κ1) is 67.9. The lowest BCUT2D eigenvalue weighted by Crippen LogP contribution is -2.57. The van der Waals surface area contributed by atoms with E-state index in [-0.39, 0.29) is 49.6 Å². The predicted molar refractivity (Wildman–Crippen MR) is 343 cm³/mol. The van der Waals surface area contributed by atoms with Gasteiger partial charge in [0.1, 0.15) is 12.1 Å². The number of aromatic nitrogens is 2. The van der Waals surface area contributed by atoms with Gasteiger partial charge in [-0.15, -0.1) is 11.3 Å². The summed E-state index contributed by atoms with van der Waals surface area (Å²) >= 11 is 1.58. The molecule has 0 bridgehead atoms. The van der Waals surface area contributed by atoms with Crippen molar-refractivity contribution in [3.63, 3.8) is 0 Å². The van der Waals surface area contributed by atoms with Gasteiger partial charge in [0.25, 0.3) is 5.91 Å². The van der Waals surface area contributed by atoms with Crippen LogP contribution in [0.25, 0.3) is 21.6 Å². The van der Waals surface area contributed by atoms with Gasteiger partial charge in [0, 0.05) is 110 Å². The highest BCUT2D eigenvalue weighted by Crippen LogP contribution is 2.36. The summed E-state index contributed by atoms with van der Waals surface area (Å²) in [6.45, 7) is 17.1. The molecule has 3 aliphatic heterocycles. The molecular formula is C67H90F3N11O7S. The quantitative estimate of drug-likeness (QED) is 0.0259. The molecule has 3 aliphatic rings. The van der Waals surface area contributed by atoms with Crippen LogP contribution in [0, 0.1) is 12.3 Å². The molecule has 8 rings (SSSR count). The number of H-pyrrole nitrogens is 1. The van der Waals surface area contributed by atoms with E-state index in [0.29, 0.717) is 49.9 Å². The first-order valence-corrected chi connectivity index (χ1v) is 32.5. The zero-order valence-corrected chi connectivity index (χ0v) is 53.1. The number of aromatic amines is 1. The maximum absolute atomic E-state index is 14.1. The van der Waals surface area contributed by atoms with Crippen molar-refractivity contribution in [3.8, 4) is 21.6 Å². The van der Waals surface area contributed by atoms with Crippen molar-refractivity contribution in [2.75, 3.05) is 89.3 Å². The minimum absolute atomic E-state index is 0.0181. The van der Waals surface area contributed by atoms with Crippen LogP contribution in [0.5, 0.6) is 0 Å². The lowest BCUT2D eigenvalue weighted by molar-refractivity contribution is -0.144. The average molecular weight is 1250 g/mol. The molecule has 482 valence electrons. The van der Waals surface area contributed by atoms with Gasteiger partial charge in [0.05, 0.1) is 44.7 Å². The van der Waals surface area contributed by atoms with Crippen LogP contribution in [0.3, 0.4) is 0 Å². The number of aliphatic hydroxyl groups excluding tert-OH is 1. The number of nitrogens with one attached hydrogen (secondary N) is 5. The van der Waals surface area contributed by atoms with Crippen LogP contribution in [-0.4, -0.2) is 161 Å². The first-order chi connectivity index (χ1) is 42.6. The average Bonchev–Trinajstić information content (AvgIpc) is 2.07. The summed E-state index contributed by atoms with van der Waals surface area (Å²) in [7, 11) is 2.03. The number of alkyl halides is 3. The molecule has 3 saturated heterocycles. The van der Waals surface area contributed by atoms with Gasteiger partial charge in [-0.2, -0.15) is 13.2 Å². The minimum atomic E-state index is -4.90. The normalized spacial score (nSPS) is 17.4. The van der Waals surface area contributed by atoms with Crippen LogP contribution >= 0.6 is 11.3 Å². The second-order valence-electron chi connectivity index (χ2n) is 25.2. The molecule has 5 aromatic rings. The number of amides is 5. The van der Waals surface area contributed by atoms with Crippen LogP contribution in [0.2, 0.25) is 0 Å². The van der Waals surface area contributed by atoms with Crippen molar-refractivity contribution in [1.82, 2.24) is 45.5 Å². The Morgan fingerprint density at radius 3 is 2.07 bits per heavy atom. The number of rotatable bonds is 28. The minimum Gasteiger partial charge on any atom is -0.391 e. The van der Waals surface area contributed by atoms with Crippen molar-refractivity contribution >= 4 is 52.2 Å². The van der Waals surface area contributed by atoms with E-state index in [9.17, 15) is 47.0 Å². The molecule has 0 radical (unpaired) electrons. The second kappa shape index (κ2) is 32.2. The third-order valence-electron chi connectivity index (χ3n) is 17.2. The maximum atomic E-state index is 14.1. The van der Waals surface area contributed by atoms with E-state index in [1.165, 1.54) is 4.90 Å². The van der Waals surface area contributed by atoms with Gasteiger partial charge in [-0.25, -0.2) is 4.98 Å². The van der Waals surface area contributed by atoms with Gasteiger partial charge in [-0.1, -0.05) is 108 Å². The molecule has 89 heavy (non-hydrogen) atoms. The van der Waals surface area contributed by atoms with Crippen LogP contribution in [0.15, 0.2) is 89.3 Å². The molecule has 3 atom stereocenters. The Hall–Kier alpha value is -6.98. The van der Waals surface area contributed by atoms with Crippen molar-refractivity contribution in [2.24, 2.45) is 5.41 Å². The summed E-state index contributed by atoms with van der Waals surface area (Å²) in [6, 6.07) is 20.5. The number of hydrogen-bond donors (Lipinski definition) is 6. The van der Waals surface area contributed by atoms with E-state index in [0.717, 1.165) is 155 Å². The number of anilines is 2. The van der Waals surface area contributed by atoms with Crippen molar-refractivity contribution in [2.45, 2.75) is 149 Å². The first-order valence-electron chi connectivity index (χ1n) is 31.6. The van der Waals surface area contributed by atoms with Crippen LogP contribution in [-0.2, 0) is 38.4 Å². The molecule has 3 aromatic carbocycles. The molecule has 5 heterocycles. The van der Waals surface area contributed by atoms with E-state index in [1.807, 2.05) is 94.9 Å². The number of unbranched alkanes of at least 4 members (excludes halogenated alkanes) is 8. The highest BCUT2D eigenvalue weighted by atomic mass is 32.1.